The number of aromatic nitrogens is 1. The third kappa shape index (κ3) is 2.54. The minimum Gasteiger partial charge on any atom is -0.383 e. The number of rotatable bonds is 3. The SMILES string of the molecule is CCc1nc(N)c(C#N)c(-c2ccc([N+](=O)[O-])cc2)c1C. The van der Waals surface area contributed by atoms with E-state index in [1.165, 1.54) is 12.1 Å². The molecule has 0 amide bonds. The molecule has 0 atom stereocenters. The maximum Gasteiger partial charge on any atom is 0.269 e. The molecule has 6 heteroatoms. The first-order valence-corrected chi connectivity index (χ1v) is 6.43. The van der Waals surface area contributed by atoms with Crippen molar-refractivity contribution in [3.8, 4) is 17.2 Å². The van der Waals surface area contributed by atoms with E-state index in [0.717, 1.165) is 16.8 Å². The minimum absolute atomic E-state index is 0.00709. The lowest BCUT2D eigenvalue weighted by atomic mass is 9.94. The van der Waals surface area contributed by atoms with Gasteiger partial charge in [0.2, 0.25) is 0 Å². The van der Waals surface area contributed by atoms with Gasteiger partial charge in [0, 0.05) is 23.4 Å². The van der Waals surface area contributed by atoms with E-state index < -0.39 is 4.92 Å². The van der Waals surface area contributed by atoms with E-state index in [9.17, 15) is 15.4 Å². The highest BCUT2D eigenvalue weighted by Gasteiger charge is 2.17. The molecule has 0 spiro atoms. The average molecular weight is 282 g/mol. The first-order valence-electron chi connectivity index (χ1n) is 6.43. The summed E-state index contributed by atoms with van der Waals surface area (Å²) < 4.78 is 0. The van der Waals surface area contributed by atoms with Crippen LogP contribution < -0.4 is 5.73 Å². The van der Waals surface area contributed by atoms with Crippen molar-refractivity contribution in [3.63, 3.8) is 0 Å². The van der Waals surface area contributed by atoms with Crippen LogP contribution >= 0.6 is 0 Å². The van der Waals surface area contributed by atoms with Gasteiger partial charge < -0.3 is 5.73 Å². The van der Waals surface area contributed by atoms with Crippen LogP contribution in [0.4, 0.5) is 11.5 Å². The fraction of sp³-hybridized carbons (Fsp3) is 0.200. The Kier molecular flexibility index (Phi) is 3.85. The molecule has 0 unspecified atom stereocenters. The van der Waals surface area contributed by atoms with E-state index in [0.29, 0.717) is 17.5 Å². The molecular formula is C15H14N4O2. The fourth-order valence-electron chi connectivity index (χ4n) is 2.31. The molecule has 106 valence electrons. The fourth-order valence-corrected chi connectivity index (χ4v) is 2.31. The molecule has 0 aliphatic rings. The molecule has 0 bridgehead atoms. The highest BCUT2D eigenvalue weighted by atomic mass is 16.6. The summed E-state index contributed by atoms with van der Waals surface area (Å²) in [7, 11) is 0. The predicted octanol–water partition coefficient (Wildman–Crippen LogP) is 2.98. The van der Waals surface area contributed by atoms with Crippen molar-refractivity contribution in [2.24, 2.45) is 0 Å². The van der Waals surface area contributed by atoms with Gasteiger partial charge in [-0.05, 0) is 36.6 Å². The van der Waals surface area contributed by atoms with Crippen LogP contribution in [0.2, 0.25) is 0 Å². The number of anilines is 1. The molecule has 21 heavy (non-hydrogen) atoms. The second kappa shape index (κ2) is 5.59. The van der Waals surface area contributed by atoms with E-state index in [2.05, 4.69) is 11.1 Å². The van der Waals surface area contributed by atoms with Gasteiger partial charge >= 0.3 is 0 Å². The number of aryl methyl sites for hydroxylation is 1. The van der Waals surface area contributed by atoms with Crippen molar-refractivity contribution >= 4 is 11.5 Å². The minimum atomic E-state index is -0.458. The van der Waals surface area contributed by atoms with Crippen molar-refractivity contribution in [2.45, 2.75) is 20.3 Å². The van der Waals surface area contributed by atoms with Crippen LogP contribution in [0.15, 0.2) is 24.3 Å². The van der Waals surface area contributed by atoms with E-state index in [-0.39, 0.29) is 11.5 Å². The number of nitrogens with zero attached hydrogens (tertiary/aromatic N) is 3. The number of nitro groups is 1. The summed E-state index contributed by atoms with van der Waals surface area (Å²) in [5, 5.41) is 20.0. The summed E-state index contributed by atoms with van der Waals surface area (Å²) in [6, 6.07) is 8.15. The summed E-state index contributed by atoms with van der Waals surface area (Å²) in [6.45, 7) is 3.84. The number of benzene rings is 1. The van der Waals surface area contributed by atoms with Crippen LogP contribution in [0.1, 0.15) is 23.7 Å². The van der Waals surface area contributed by atoms with Crippen molar-refractivity contribution in [1.82, 2.24) is 4.98 Å². The zero-order valence-corrected chi connectivity index (χ0v) is 11.8. The monoisotopic (exact) mass is 282 g/mol. The average Bonchev–Trinajstić information content (AvgIpc) is 2.48. The molecule has 0 aliphatic carbocycles. The standard InChI is InChI=1S/C15H14N4O2/c1-3-13-9(2)14(12(8-16)15(17)18-13)10-4-6-11(7-5-10)19(20)21/h4-7H,3H2,1-2H3,(H2,17,18). The Morgan fingerprint density at radius 3 is 2.48 bits per heavy atom. The molecule has 2 aromatic rings. The van der Waals surface area contributed by atoms with Gasteiger partial charge in [-0.3, -0.25) is 10.1 Å². The third-order valence-corrected chi connectivity index (χ3v) is 3.38. The molecule has 1 aromatic heterocycles. The molecule has 1 heterocycles. The molecule has 1 aromatic carbocycles. The Morgan fingerprint density at radius 2 is 2.00 bits per heavy atom. The Hall–Kier alpha value is -2.94. The first-order chi connectivity index (χ1) is 9.99. The smallest absolute Gasteiger partial charge is 0.269 e. The van der Waals surface area contributed by atoms with Crippen LogP contribution in [0.3, 0.4) is 0 Å². The first kappa shape index (κ1) is 14.5. The van der Waals surface area contributed by atoms with Gasteiger partial charge in [0.25, 0.3) is 5.69 Å². The van der Waals surface area contributed by atoms with Crippen LogP contribution in [0.5, 0.6) is 0 Å². The van der Waals surface area contributed by atoms with Crippen LogP contribution in [0.25, 0.3) is 11.1 Å². The number of nitrogens with two attached hydrogens (primary N) is 1. The van der Waals surface area contributed by atoms with Gasteiger partial charge in [0.05, 0.1) is 4.92 Å². The number of pyridine rings is 1. The lowest BCUT2D eigenvalue weighted by Gasteiger charge is -2.13. The molecule has 6 nitrogen and oxygen atoms in total. The van der Waals surface area contributed by atoms with Crippen LogP contribution in [-0.4, -0.2) is 9.91 Å². The Bertz CT molecular complexity index is 745. The largest absolute Gasteiger partial charge is 0.383 e. The molecule has 2 rings (SSSR count). The van der Waals surface area contributed by atoms with Gasteiger partial charge in [-0.15, -0.1) is 0 Å². The van der Waals surface area contributed by atoms with E-state index >= 15 is 0 Å². The zero-order valence-electron chi connectivity index (χ0n) is 11.8. The van der Waals surface area contributed by atoms with Crippen molar-refractivity contribution in [2.75, 3.05) is 5.73 Å². The van der Waals surface area contributed by atoms with Gasteiger partial charge in [-0.2, -0.15) is 5.26 Å². The number of nitriles is 1. The predicted molar refractivity (Wildman–Crippen MR) is 79.6 cm³/mol. The highest BCUT2D eigenvalue weighted by Crippen LogP contribution is 2.32. The lowest BCUT2D eigenvalue weighted by Crippen LogP contribution is -2.05. The summed E-state index contributed by atoms with van der Waals surface area (Å²) in [5.74, 6) is 0.188. The maximum atomic E-state index is 10.7. The van der Waals surface area contributed by atoms with Gasteiger partial charge in [0.15, 0.2) is 0 Å². The van der Waals surface area contributed by atoms with Gasteiger partial charge in [-0.1, -0.05) is 6.92 Å². The maximum absolute atomic E-state index is 10.7. The van der Waals surface area contributed by atoms with Crippen molar-refractivity contribution in [3.05, 3.63) is 51.2 Å². The highest BCUT2D eigenvalue weighted by molar-refractivity contribution is 5.79. The molecule has 2 N–H and O–H groups in total. The second-order valence-electron chi connectivity index (χ2n) is 4.59. The van der Waals surface area contributed by atoms with E-state index in [1.807, 2.05) is 13.8 Å². The van der Waals surface area contributed by atoms with Gasteiger partial charge in [0.1, 0.15) is 17.5 Å². The number of hydrogen-bond donors (Lipinski definition) is 1. The van der Waals surface area contributed by atoms with E-state index in [1.54, 1.807) is 12.1 Å². The zero-order chi connectivity index (χ0) is 15.6. The number of hydrogen-bond acceptors (Lipinski definition) is 5. The van der Waals surface area contributed by atoms with Crippen molar-refractivity contribution in [1.29, 1.82) is 5.26 Å². The molecule has 0 saturated carbocycles. The summed E-state index contributed by atoms with van der Waals surface area (Å²) in [6.07, 6.45) is 0.696. The molecule has 0 saturated heterocycles. The Morgan fingerprint density at radius 1 is 1.38 bits per heavy atom. The number of nitro benzene ring substituents is 1. The topological polar surface area (TPSA) is 106 Å². The number of non-ortho nitro benzene ring substituents is 1. The number of nitrogen functional groups attached to an aromatic ring is 1. The van der Waals surface area contributed by atoms with Gasteiger partial charge in [-0.25, -0.2) is 4.98 Å². The van der Waals surface area contributed by atoms with Crippen molar-refractivity contribution < 1.29 is 4.92 Å². The molecular weight excluding hydrogens is 268 g/mol. The molecule has 0 aliphatic heterocycles. The molecule has 0 fully saturated rings. The normalized spacial score (nSPS) is 10.1. The third-order valence-electron chi connectivity index (χ3n) is 3.38. The second-order valence-corrected chi connectivity index (χ2v) is 4.59. The van der Waals surface area contributed by atoms with E-state index in [4.69, 9.17) is 5.73 Å². The summed E-state index contributed by atoms with van der Waals surface area (Å²) >= 11 is 0. The Labute approximate surface area is 122 Å². The Balaban J connectivity index is 2.70. The quantitative estimate of drug-likeness (QED) is 0.688. The lowest BCUT2D eigenvalue weighted by molar-refractivity contribution is -0.384. The summed E-state index contributed by atoms with van der Waals surface area (Å²) in [5.41, 5.74) is 9.27. The summed E-state index contributed by atoms with van der Waals surface area (Å²) in [4.78, 5) is 14.5. The van der Waals surface area contributed by atoms with Crippen LogP contribution in [0, 0.1) is 28.4 Å². The van der Waals surface area contributed by atoms with Crippen LogP contribution in [-0.2, 0) is 6.42 Å². The molecule has 0 radical (unpaired) electrons.